The third-order valence-corrected chi connectivity index (χ3v) is 5.22. The van der Waals surface area contributed by atoms with Crippen LogP contribution in [0.2, 0.25) is 4.34 Å². The zero-order valence-corrected chi connectivity index (χ0v) is 14.3. The Hall–Kier alpha value is -0.620. The summed E-state index contributed by atoms with van der Waals surface area (Å²) in [6.45, 7) is 4.31. The first-order valence-electron chi connectivity index (χ1n) is 7.43. The monoisotopic (exact) mass is 329 g/mol. The first-order chi connectivity index (χ1) is 10.1. The number of nitrogens with one attached hydrogen (secondary N) is 1. The van der Waals surface area contributed by atoms with Gasteiger partial charge in [-0.3, -0.25) is 9.69 Å². The molecule has 0 radical (unpaired) electrons. The van der Waals surface area contributed by atoms with Gasteiger partial charge >= 0.3 is 0 Å². The predicted molar refractivity (Wildman–Crippen MR) is 88.9 cm³/mol. The molecule has 0 aliphatic carbocycles. The molecule has 0 bridgehead atoms. The van der Waals surface area contributed by atoms with Crippen LogP contribution in [-0.4, -0.2) is 56.0 Å². The number of thiophene rings is 1. The molecule has 0 spiro atoms. The Morgan fingerprint density at radius 3 is 2.76 bits per heavy atom. The molecule has 1 saturated heterocycles. The molecule has 6 heteroatoms. The van der Waals surface area contributed by atoms with E-state index < -0.39 is 0 Å². The standard InChI is InChI=1S/C15H24ClN3OS/c1-17-9-12-5-7-19(8-6-12)11-15(20)18(2)10-13-3-4-14(16)21-13/h3-4,12,17H,5-11H2,1-2H3. The Labute approximate surface area is 136 Å². The summed E-state index contributed by atoms with van der Waals surface area (Å²) >= 11 is 7.46. The van der Waals surface area contributed by atoms with Crippen LogP contribution >= 0.6 is 22.9 Å². The predicted octanol–water partition coefficient (Wildman–Crippen LogP) is 2.29. The second-order valence-electron chi connectivity index (χ2n) is 5.73. The summed E-state index contributed by atoms with van der Waals surface area (Å²) in [4.78, 5) is 17.5. The molecule has 1 aromatic heterocycles. The van der Waals surface area contributed by atoms with Crippen LogP contribution in [0.15, 0.2) is 12.1 Å². The highest BCUT2D eigenvalue weighted by Gasteiger charge is 2.21. The summed E-state index contributed by atoms with van der Waals surface area (Å²) in [7, 11) is 3.87. The van der Waals surface area contributed by atoms with E-state index in [0.29, 0.717) is 13.1 Å². The third kappa shape index (κ3) is 5.25. The van der Waals surface area contributed by atoms with E-state index in [4.69, 9.17) is 11.6 Å². The van der Waals surface area contributed by atoms with E-state index in [2.05, 4.69) is 10.2 Å². The molecule has 1 amide bonds. The van der Waals surface area contributed by atoms with Gasteiger partial charge in [0.15, 0.2) is 0 Å². The van der Waals surface area contributed by atoms with Gasteiger partial charge in [0.05, 0.1) is 17.4 Å². The molecular weight excluding hydrogens is 306 g/mol. The molecule has 1 fully saturated rings. The molecule has 1 aromatic rings. The largest absolute Gasteiger partial charge is 0.340 e. The summed E-state index contributed by atoms with van der Waals surface area (Å²) in [5.74, 6) is 0.943. The fraction of sp³-hybridized carbons (Fsp3) is 0.667. The van der Waals surface area contributed by atoms with E-state index in [-0.39, 0.29) is 5.91 Å². The van der Waals surface area contributed by atoms with Crippen molar-refractivity contribution >= 4 is 28.8 Å². The Bertz CT molecular complexity index is 458. The van der Waals surface area contributed by atoms with Crippen LogP contribution in [0.25, 0.3) is 0 Å². The van der Waals surface area contributed by atoms with Crippen molar-refractivity contribution in [2.45, 2.75) is 19.4 Å². The summed E-state index contributed by atoms with van der Waals surface area (Å²) in [6, 6.07) is 3.87. The van der Waals surface area contributed by atoms with Crippen LogP contribution in [0.1, 0.15) is 17.7 Å². The molecule has 2 rings (SSSR count). The van der Waals surface area contributed by atoms with Gasteiger partial charge in [-0.2, -0.15) is 0 Å². The van der Waals surface area contributed by atoms with Gasteiger partial charge in [0.25, 0.3) is 0 Å². The number of piperidine rings is 1. The zero-order chi connectivity index (χ0) is 15.2. The first kappa shape index (κ1) is 16.7. The molecule has 2 heterocycles. The lowest BCUT2D eigenvalue weighted by molar-refractivity contribution is -0.132. The topological polar surface area (TPSA) is 35.6 Å². The Morgan fingerprint density at radius 2 is 2.19 bits per heavy atom. The Balaban J connectivity index is 1.74. The minimum absolute atomic E-state index is 0.187. The molecule has 4 nitrogen and oxygen atoms in total. The number of likely N-dealkylation sites (N-methyl/N-ethyl adjacent to an activating group) is 1. The Morgan fingerprint density at radius 1 is 1.48 bits per heavy atom. The number of halogens is 1. The quantitative estimate of drug-likeness (QED) is 0.870. The highest BCUT2D eigenvalue weighted by Crippen LogP contribution is 2.22. The highest BCUT2D eigenvalue weighted by atomic mass is 35.5. The van der Waals surface area contributed by atoms with Crippen LogP contribution in [0.4, 0.5) is 0 Å². The van der Waals surface area contributed by atoms with Crippen LogP contribution in [0, 0.1) is 5.92 Å². The van der Waals surface area contributed by atoms with Gasteiger partial charge in [0.2, 0.25) is 5.91 Å². The summed E-state index contributed by atoms with van der Waals surface area (Å²) < 4.78 is 0.775. The molecule has 1 aliphatic heterocycles. The van der Waals surface area contributed by atoms with E-state index >= 15 is 0 Å². The number of amides is 1. The van der Waals surface area contributed by atoms with Crippen molar-refractivity contribution in [1.29, 1.82) is 0 Å². The number of hydrogen-bond acceptors (Lipinski definition) is 4. The molecule has 0 unspecified atom stereocenters. The fourth-order valence-electron chi connectivity index (χ4n) is 2.71. The van der Waals surface area contributed by atoms with Gasteiger partial charge in [0, 0.05) is 11.9 Å². The summed E-state index contributed by atoms with van der Waals surface area (Å²) in [6.07, 6.45) is 2.36. The number of hydrogen-bond donors (Lipinski definition) is 1. The number of rotatable bonds is 6. The molecule has 0 saturated carbocycles. The molecule has 0 atom stereocenters. The lowest BCUT2D eigenvalue weighted by Crippen LogP contribution is -2.43. The average Bonchev–Trinajstić information content (AvgIpc) is 2.86. The van der Waals surface area contributed by atoms with Crippen molar-refractivity contribution in [1.82, 2.24) is 15.1 Å². The average molecular weight is 330 g/mol. The second-order valence-corrected chi connectivity index (χ2v) is 7.53. The molecule has 0 aromatic carbocycles. The summed E-state index contributed by atoms with van der Waals surface area (Å²) in [5.41, 5.74) is 0. The maximum atomic E-state index is 12.3. The van der Waals surface area contributed by atoms with Crippen molar-refractivity contribution < 1.29 is 4.79 Å². The van der Waals surface area contributed by atoms with Gasteiger partial charge in [-0.25, -0.2) is 0 Å². The SMILES string of the molecule is CNCC1CCN(CC(=O)N(C)Cc2ccc(Cl)s2)CC1. The smallest absolute Gasteiger partial charge is 0.236 e. The van der Waals surface area contributed by atoms with Gasteiger partial charge in [-0.15, -0.1) is 11.3 Å². The highest BCUT2D eigenvalue weighted by molar-refractivity contribution is 7.16. The van der Waals surface area contributed by atoms with Crippen LogP contribution in [-0.2, 0) is 11.3 Å². The van der Waals surface area contributed by atoms with E-state index in [1.165, 1.54) is 24.2 Å². The van der Waals surface area contributed by atoms with Gasteiger partial charge < -0.3 is 10.2 Å². The van der Waals surface area contributed by atoms with E-state index in [9.17, 15) is 4.79 Å². The molecular formula is C15H24ClN3OS. The lowest BCUT2D eigenvalue weighted by Gasteiger charge is -2.32. The number of carbonyl (C=O) groups is 1. The van der Waals surface area contributed by atoms with Crippen LogP contribution < -0.4 is 5.32 Å². The summed E-state index contributed by atoms with van der Waals surface area (Å²) in [5, 5.41) is 3.24. The van der Waals surface area contributed by atoms with Crippen LogP contribution in [0.3, 0.4) is 0 Å². The fourth-order valence-corrected chi connectivity index (χ4v) is 3.85. The van der Waals surface area contributed by atoms with Gasteiger partial charge in [-0.05, 0) is 57.6 Å². The van der Waals surface area contributed by atoms with Crippen molar-refractivity contribution in [3.8, 4) is 0 Å². The van der Waals surface area contributed by atoms with Gasteiger partial charge in [-0.1, -0.05) is 11.6 Å². The van der Waals surface area contributed by atoms with Crippen molar-refractivity contribution in [3.05, 3.63) is 21.3 Å². The lowest BCUT2D eigenvalue weighted by atomic mass is 9.97. The zero-order valence-electron chi connectivity index (χ0n) is 12.8. The van der Waals surface area contributed by atoms with Crippen molar-refractivity contribution in [2.24, 2.45) is 5.92 Å². The van der Waals surface area contributed by atoms with E-state index in [0.717, 1.165) is 34.8 Å². The van der Waals surface area contributed by atoms with Crippen molar-refractivity contribution in [2.75, 3.05) is 40.3 Å². The maximum Gasteiger partial charge on any atom is 0.236 e. The molecule has 1 N–H and O–H groups in total. The Kier molecular flexibility index (Phi) is 6.48. The van der Waals surface area contributed by atoms with Gasteiger partial charge in [0.1, 0.15) is 0 Å². The first-order valence-corrected chi connectivity index (χ1v) is 8.63. The van der Waals surface area contributed by atoms with Crippen molar-refractivity contribution in [3.63, 3.8) is 0 Å². The normalized spacial score (nSPS) is 17.1. The third-order valence-electron chi connectivity index (χ3n) is 4.01. The minimum Gasteiger partial charge on any atom is -0.340 e. The maximum absolute atomic E-state index is 12.3. The van der Waals surface area contributed by atoms with E-state index in [1.807, 2.05) is 26.2 Å². The number of likely N-dealkylation sites (tertiary alicyclic amines) is 1. The number of carbonyl (C=O) groups excluding carboxylic acids is 1. The van der Waals surface area contributed by atoms with Crippen LogP contribution in [0.5, 0.6) is 0 Å². The molecule has 21 heavy (non-hydrogen) atoms. The van der Waals surface area contributed by atoms with E-state index in [1.54, 1.807) is 4.90 Å². The minimum atomic E-state index is 0.187. The number of nitrogens with zero attached hydrogens (tertiary/aromatic N) is 2. The second kappa shape index (κ2) is 8.13. The molecule has 118 valence electrons. The molecule has 1 aliphatic rings.